The smallest absolute Gasteiger partial charge is 0.337 e. The highest BCUT2D eigenvalue weighted by Crippen LogP contribution is 2.11. The molecule has 11 nitrogen and oxygen atoms in total. The van der Waals surface area contributed by atoms with Gasteiger partial charge in [-0.25, -0.2) is 14.4 Å². The SMILES string of the molecule is COC(=O)c1ccc(NC(=O)COC(=O)/C=C/C(=O)OCC(=O)Nc2ccc(C(C)=O)cc2)cc1. The van der Waals surface area contributed by atoms with Crippen LogP contribution in [-0.4, -0.2) is 55.8 Å². The van der Waals surface area contributed by atoms with Gasteiger partial charge in [0, 0.05) is 29.1 Å². The van der Waals surface area contributed by atoms with E-state index in [0.717, 1.165) is 12.2 Å². The van der Waals surface area contributed by atoms with Gasteiger partial charge in [-0.1, -0.05) is 0 Å². The van der Waals surface area contributed by atoms with Crippen LogP contribution in [0.5, 0.6) is 0 Å². The largest absolute Gasteiger partial charge is 0.465 e. The fourth-order valence-electron chi connectivity index (χ4n) is 2.50. The standard InChI is InChI=1S/C24H22N2O9/c1-15(27)16-3-7-18(8-4-16)25-20(28)13-34-22(30)11-12-23(31)35-14-21(29)26-19-9-5-17(6-10-19)24(32)33-2/h3-12H,13-14H2,1-2H3,(H,25,28)(H,26,29)/b12-11+. The minimum atomic E-state index is -0.979. The van der Waals surface area contributed by atoms with Crippen molar-refractivity contribution < 1.29 is 43.0 Å². The summed E-state index contributed by atoms with van der Waals surface area (Å²) in [6, 6.07) is 12.0. The molecule has 0 radical (unpaired) electrons. The first-order valence-electron chi connectivity index (χ1n) is 10.1. The van der Waals surface area contributed by atoms with E-state index in [4.69, 9.17) is 9.47 Å². The fourth-order valence-corrected chi connectivity index (χ4v) is 2.50. The molecule has 0 aliphatic carbocycles. The first-order chi connectivity index (χ1) is 16.7. The van der Waals surface area contributed by atoms with Gasteiger partial charge in [0.05, 0.1) is 12.7 Å². The van der Waals surface area contributed by atoms with E-state index in [1.807, 2.05) is 0 Å². The van der Waals surface area contributed by atoms with E-state index in [9.17, 15) is 28.8 Å². The van der Waals surface area contributed by atoms with Crippen molar-refractivity contribution in [1.29, 1.82) is 0 Å². The lowest BCUT2D eigenvalue weighted by atomic mass is 10.1. The number of ether oxygens (including phenoxy) is 3. The fraction of sp³-hybridized carbons (Fsp3) is 0.167. The zero-order chi connectivity index (χ0) is 25.8. The second-order valence-electron chi connectivity index (χ2n) is 6.85. The molecule has 0 saturated carbocycles. The van der Waals surface area contributed by atoms with Gasteiger partial charge in [-0.3, -0.25) is 14.4 Å². The minimum absolute atomic E-state index is 0.116. The lowest BCUT2D eigenvalue weighted by Gasteiger charge is -2.06. The van der Waals surface area contributed by atoms with Gasteiger partial charge in [0.2, 0.25) is 0 Å². The molecule has 0 aromatic heterocycles. The van der Waals surface area contributed by atoms with E-state index in [-0.39, 0.29) is 5.78 Å². The Morgan fingerprint density at radius 1 is 0.686 bits per heavy atom. The number of carbonyl (C=O) groups is 6. The van der Waals surface area contributed by atoms with Crippen LogP contribution in [0.1, 0.15) is 27.6 Å². The molecule has 2 aromatic carbocycles. The Labute approximate surface area is 200 Å². The van der Waals surface area contributed by atoms with Gasteiger partial charge in [-0.15, -0.1) is 0 Å². The van der Waals surface area contributed by atoms with Gasteiger partial charge in [0.1, 0.15) is 0 Å². The van der Waals surface area contributed by atoms with Crippen molar-refractivity contribution in [2.45, 2.75) is 6.92 Å². The van der Waals surface area contributed by atoms with Crippen molar-refractivity contribution in [3.05, 3.63) is 71.8 Å². The topological polar surface area (TPSA) is 154 Å². The maximum absolute atomic E-state index is 11.9. The quantitative estimate of drug-likeness (QED) is 0.224. The minimum Gasteiger partial charge on any atom is -0.465 e. The Morgan fingerprint density at radius 2 is 1.09 bits per heavy atom. The number of Topliss-reactive ketones (excluding diaryl/α,β-unsaturated/α-hetero) is 1. The molecule has 35 heavy (non-hydrogen) atoms. The van der Waals surface area contributed by atoms with Gasteiger partial charge < -0.3 is 24.8 Å². The maximum Gasteiger partial charge on any atom is 0.337 e. The van der Waals surface area contributed by atoms with Crippen molar-refractivity contribution in [2.75, 3.05) is 31.0 Å². The molecule has 2 N–H and O–H groups in total. The highest BCUT2D eigenvalue weighted by atomic mass is 16.5. The summed E-state index contributed by atoms with van der Waals surface area (Å²) in [6.45, 7) is 0.186. The summed E-state index contributed by atoms with van der Waals surface area (Å²) in [5.41, 5.74) is 1.56. The molecule has 2 amide bonds. The Balaban J connectivity index is 1.69. The second-order valence-corrected chi connectivity index (χ2v) is 6.85. The van der Waals surface area contributed by atoms with E-state index < -0.39 is 42.9 Å². The predicted octanol–water partition coefficient (Wildman–Crippen LogP) is 1.90. The third kappa shape index (κ3) is 9.30. The number of esters is 3. The number of amides is 2. The number of methoxy groups -OCH3 is 1. The Morgan fingerprint density at radius 3 is 1.46 bits per heavy atom. The van der Waals surface area contributed by atoms with Crippen LogP contribution in [0.15, 0.2) is 60.7 Å². The number of hydrogen-bond acceptors (Lipinski definition) is 9. The third-order valence-corrected chi connectivity index (χ3v) is 4.21. The van der Waals surface area contributed by atoms with Gasteiger partial charge in [0.15, 0.2) is 19.0 Å². The number of carbonyl (C=O) groups excluding carboxylic acids is 6. The highest BCUT2D eigenvalue weighted by molar-refractivity contribution is 5.98. The van der Waals surface area contributed by atoms with Crippen molar-refractivity contribution >= 4 is 46.9 Å². The van der Waals surface area contributed by atoms with Gasteiger partial charge in [-0.2, -0.15) is 0 Å². The molecule has 0 saturated heterocycles. The summed E-state index contributed by atoms with van der Waals surface area (Å²) < 4.78 is 14.0. The molecule has 0 bridgehead atoms. The Bertz CT molecular complexity index is 1140. The monoisotopic (exact) mass is 482 g/mol. The maximum atomic E-state index is 11.9. The number of rotatable bonds is 10. The van der Waals surface area contributed by atoms with Crippen LogP contribution in [0.2, 0.25) is 0 Å². The average molecular weight is 482 g/mol. The number of anilines is 2. The van der Waals surface area contributed by atoms with E-state index in [1.54, 1.807) is 12.1 Å². The van der Waals surface area contributed by atoms with Crippen LogP contribution >= 0.6 is 0 Å². The van der Waals surface area contributed by atoms with Gasteiger partial charge in [0.25, 0.3) is 11.8 Å². The van der Waals surface area contributed by atoms with E-state index in [2.05, 4.69) is 15.4 Å². The summed E-state index contributed by atoms with van der Waals surface area (Å²) >= 11 is 0. The summed E-state index contributed by atoms with van der Waals surface area (Å²) in [5.74, 6) is -3.86. The van der Waals surface area contributed by atoms with Crippen LogP contribution in [0.3, 0.4) is 0 Å². The Hall–Kier alpha value is -4.80. The third-order valence-electron chi connectivity index (χ3n) is 4.21. The molecule has 0 aliphatic rings. The van der Waals surface area contributed by atoms with Gasteiger partial charge in [-0.05, 0) is 55.5 Å². The van der Waals surface area contributed by atoms with Crippen LogP contribution < -0.4 is 10.6 Å². The van der Waals surface area contributed by atoms with Crippen LogP contribution in [-0.2, 0) is 33.4 Å². The molecule has 182 valence electrons. The van der Waals surface area contributed by atoms with Gasteiger partial charge >= 0.3 is 17.9 Å². The molecular weight excluding hydrogens is 460 g/mol. The van der Waals surface area contributed by atoms with E-state index in [1.165, 1.54) is 50.4 Å². The molecule has 0 fully saturated rings. The lowest BCUT2D eigenvalue weighted by molar-refractivity contribution is -0.144. The van der Waals surface area contributed by atoms with Crippen molar-refractivity contribution in [3.8, 4) is 0 Å². The molecule has 11 heteroatoms. The Kier molecular flexibility index (Phi) is 9.85. The second kappa shape index (κ2) is 13.0. The van der Waals surface area contributed by atoms with Crippen LogP contribution in [0, 0.1) is 0 Å². The molecule has 0 atom stereocenters. The number of nitrogens with one attached hydrogen (secondary N) is 2. The lowest BCUT2D eigenvalue weighted by Crippen LogP contribution is -2.21. The van der Waals surface area contributed by atoms with Crippen molar-refractivity contribution in [1.82, 2.24) is 0 Å². The zero-order valence-corrected chi connectivity index (χ0v) is 18.9. The first-order valence-corrected chi connectivity index (χ1v) is 10.1. The molecule has 0 spiro atoms. The molecule has 0 aliphatic heterocycles. The molecule has 0 unspecified atom stereocenters. The number of benzene rings is 2. The zero-order valence-electron chi connectivity index (χ0n) is 18.9. The number of hydrogen-bond donors (Lipinski definition) is 2. The summed E-state index contributed by atoms with van der Waals surface area (Å²) in [6.07, 6.45) is 1.50. The summed E-state index contributed by atoms with van der Waals surface area (Å²) in [5, 5.41) is 4.94. The van der Waals surface area contributed by atoms with Crippen LogP contribution in [0.25, 0.3) is 0 Å². The molecular formula is C24H22N2O9. The van der Waals surface area contributed by atoms with E-state index >= 15 is 0 Å². The normalized spacial score (nSPS) is 10.2. The first kappa shape index (κ1) is 26.5. The highest BCUT2D eigenvalue weighted by Gasteiger charge is 2.10. The molecule has 2 rings (SSSR count). The van der Waals surface area contributed by atoms with Crippen molar-refractivity contribution in [3.63, 3.8) is 0 Å². The van der Waals surface area contributed by atoms with Crippen molar-refractivity contribution in [2.24, 2.45) is 0 Å². The predicted molar refractivity (Wildman–Crippen MR) is 123 cm³/mol. The molecule has 2 aromatic rings. The average Bonchev–Trinajstić information content (AvgIpc) is 2.85. The number of ketones is 1. The summed E-state index contributed by atoms with van der Waals surface area (Å²) in [4.78, 5) is 69.6. The van der Waals surface area contributed by atoms with Crippen LogP contribution in [0.4, 0.5) is 11.4 Å². The summed E-state index contributed by atoms with van der Waals surface area (Å²) in [7, 11) is 1.25. The van der Waals surface area contributed by atoms with E-state index in [0.29, 0.717) is 22.5 Å². The molecule has 0 heterocycles.